The summed E-state index contributed by atoms with van der Waals surface area (Å²) >= 11 is 5.96. The summed E-state index contributed by atoms with van der Waals surface area (Å²) in [6.07, 6.45) is 4.51. The van der Waals surface area contributed by atoms with Gasteiger partial charge in [-0.05, 0) is 29.7 Å². The summed E-state index contributed by atoms with van der Waals surface area (Å²) in [6, 6.07) is 7.51. The van der Waals surface area contributed by atoms with Crippen LogP contribution in [-0.2, 0) is 4.79 Å². The van der Waals surface area contributed by atoms with E-state index in [1.807, 2.05) is 37.3 Å². The van der Waals surface area contributed by atoms with Gasteiger partial charge in [0.25, 0.3) is 0 Å². The SMILES string of the molecule is CCC/C(C=O)=C/c1ccccc1Cl. The molecule has 0 spiro atoms. The molecule has 1 rings (SSSR count). The van der Waals surface area contributed by atoms with Crippen LogP contribution in [0.1, 0.15) is 25.3 Å². The van der Waals surface area contributed by atoms with E-state index < -0.39 is 0 Å². The Morgan fingerprint density at radius 2 is 2.14 bits per heavy atom. The van der Waals surface area contributed by atoms with Crippen LogP contribution >= 0.6 is 11.6 Å². The van der Waals surface area contributed by atoms with Crippen LogP contribution < -0.4 is 0 Å². The first-order chi connectivity index (χ1) is 6.77. The largest absolute Gasteiger partial charge is 0.298 e. The van der Waals surface area contributed by atoms with Crippen LogP contribution in [0.25, 0.3) is 6.08 Å². The first-order valence-corrected chi connectivity index (χ1v) is 5.06. The number of carbonyl (C=O) groups is 1. The Bertz CT molecular complexity index is 342. The molecule has 0 radical (unpaired) electrons. The maximum absolute atomic E-state index is 10.7. The third-order valence-corrected chi connectivity index (χ3v) is 2.28. The molecule has 0 bridgehead atoms. The van der Waals surface area contributed by atoms with Crippen molar-refractivity contribution in [3.63, 3.8) is 0 Å². The molecule has 0 fully saturated rings. The van der Waals surface area contributed by atoms with Gasteiger partial charge in [-0.1, -0.05) is 43.1 Å². The molecular formula is C12H13ClO. The van der Waals surface area contributed by atoms with Crippen LogP contribution in [-0.4, -0.2) is 6.29 Å². The van der Waals surface area contributed by atoms with Crippen molar-refractivity contribution >= 4 is 24.0 Å². The Labute approximate surface area is 89.4 Å². The highest BCUT2D eigenvalue weighted by Gasteiger charge is 1.98. The third kappa shape index (κ3) is 3.00. The molecule has 0 aromatic heterocycles. The maximum atomic E-state index is 10.7. The van der Waals surface area contributed by atoms with E-state index in [9.17, 15) is 4.79 Å². The fraction of sp³-hybridized carbons (Fsp3) is 0.250. The molecule has 0 aliphatic carbocycles. The van der Waals surface area contributed by atoms with Crippen LogP contribution in [0.4, 0.5) is 0 Å². The van der Waals surface area contributed by atoms with E-state index in [4.69, 9.17) is 11.6 Å². The highest BCUT2D eigenvalue weighted by molar-refractivity contribution is 6.32. The number of carbonyl (C=O) groups excluding carboxylic acids is 1. The molecule has 0 atom stereocenters. The average Bonchev–Trinajstić information content (AvgIpc) is 2.20. The summed E-state index contributed by atoms with van der Waals surface area (Å²) in [5, 5.41) is 0.683. The lowest BCUT2D eigenvalue weighted by Crippen LogP contribution is -1.84. The molecule has 74 valence electrons. The van der Waals surface area contributed by atoms with E-state index in [1.54, 1.807) is 0 Å². The molecule has 0 amide bonds. The van der Waals surface area contributed by atoms with Gasteiger partial charge >= 0.3 is 0 Å². The molecule has 0 saturated heterocycles. The second-order valence-corrected chi connectivity index (χ2v) is 3.52. The molecule has 1 nitrogen and oxygen atoms in total. The Balaban J connectivity index is 2.94. The predicted molar refractivity (Wildman–Crippen MR) is 60.4 cm³/mol. The number of aldehydes is 1. The lowest BCUT2D eigenvalue weighted by Gasteiger charge is -1.99. The van der Waals surface area contributed by atoms with E-state index in [2.05, 4.69) is 0 Å². The van der Waals surface area contributed by atoms with E-state index in [0.29, 0.717) is 5.02 Å². The standard InChI is InChI=1S/C12H13ClO/c1-2-5-10(9-14)8-11-6-3-4-7-12(11)13/h3-4,6-9H,2,5H2,1H3/b10-8-. The lowest BCUT2D eigenvalue weighted by molar-refractivity contribution is -0.105. The highest BCUT2D eigenvalue weighted by Crippen LogP contribution is 2.18. The number of allylic oxidation sites excluding steroid dienone is 1. The normalized spacial score (nSPS) is 11.4. The lowest BCUT2D eigenvalue weighted by atomic mass is 10.1. The van der Waals surface area contributed by atoms with Gasteiger partial charge in [0, 0.05) is 5.02 Å². The summed E-state index contributed by atoms with van der Waals surface area (Å²) in [7, 11) is 0. The number of rotatable bonds is 4. The van der Waals surface area contributed by atoms with Crippen LogP contribution in [0.15, 0.2) is 29.8 Å². The van der Waals surface area contributed by atoms with Gasteiger partial charge in [-0.15, -0.1) is 0 Å². The topological polar surface area (TPSA) is 17.1 Å². The minimum atomic E-state index is 0.683. The van der Waals surface area contributed by atoms with Crippen molar-refractivity contribution in [2.75, 3.05) is 0 Å². The second kappa shape index (κ2) is 5.61. The summed E-state index contributed by atoms with van der Waals surface area (Å²) in [5.41, 5.74) is 1.70. The number of benzene rings is 1. The van der Waals surface area contributed by atoms with E-state index in [-0.39, 0.29) is 0 Å². The molecule has 0 aliphatic heterocycles. The van der Waals surface area contributed by atoms with Gasteiger partial charge in [0.2, 0.25) is 0 Å². The third-order valence-electron chi connectivity index (χ3n) is 1.94. The summed E-state index contributed by atoms with van der Waals surface area (Å²) in [5.74, 6) is 0. The van der Waals surface area contributed by atoms with Gasteiger partial charge in [0.05, 0.1) is 0 Å². The maximum Gasteiger partial charge on any atom is 0.146 e. The Morgan fingerprint density at radius 1 is 1.43 bits per heavy atom. The first kappa shape index (κ1) is 11.0. The van der Waals surface area contributed by atoms with Crippen LogP contribution in [0.2, 0.25) is 5.02 Å². The molecule has 0 aliphatic rings. The Hall–Kier alpha value is -1.08. The zero-order chi connectivity index (χ0) is 10.4. The molecule has 0 N–H and O–H groups in total. The van der Waals surface area contributed by atoms with Crippen molar-refractivity contribution in [1.29, 1.82) is 0 Å². The zero-order valence-corrected chi connectivity index (χ0v) is 8.92. The molecule has 0 heterocycles. The van der Waals surface area contributed by atoms with Gasteiger partial charge in [-0.3, -0.25) is 4.79 Å². The minimum Gasteiger partial charge on any atom is -0.298 e. The van der Waals surface area contributed by atoms with Crippen molar-refractivity contribution in [3.8, 4) is 0 Å². The van der Waals surface area contributed by atoms with E-state index in [0.717, 1.165) is 30.3 Å². The fourth-order valence-electron chi connectivity index (χ4n) is 1.25. The smallest absolute Gasteiger partial charge is 0.146 e. The van der Waals surface area contributed by atoms with Crippen molar-refractivity contribution in [3.05, 3.63) is 40.4 Å². The zero-order valence-electron chi connectivity index (χ0n) is 8.16. The first-order valence-electron chi connectivity index (χ1n) is 4.68. The average molecular weight is 209 g/mol. The summed E-state index contributed by atoms with van der Waals surface area (Å²) in [6.45, 7) is 2.05. The predicted octanol–water partition coefficient (Wildman–Crippen LogP) is 3.72. The van der Waals surface area contributed by atoms with Crippen LogP contribution in [0, 0.1) is 0 Å². The van der Waals surface area contributed by atoms with Crippen molar-refractivity contribution in [2.24, 2.45) is 0 Å². The number of hydrogen-bond acceptors (Lipinski definition) is 1. The molecule has 2 heteroatoms. The Kier molecular flexibility index (Phi) is 4.41. The summed E-state index contributed by atoms with van der Waals surface area (Å²) in [4.78, 5) is 10.7. The molecule has 0 unspecified atom stereocenters. The monoisotopic (exact) mass is 208 g/mol. The quantitative estimate of drug-likeness (QED) is 0.545. The van der Waals surface area contributed by atoms with Crippen LogP contribution in [0.3, 0.4) is 0 Å². The number of hydrogen-bond donors (Lipinski definition) is 0. The van der Waals surface area contributed by atoms with Crippen molar-refractivity contribution in [1.82, 2.24) is 0 Å². The summed E-state index contributed by atoms with van der Waals surface area (Å²) < 4.78 is 0. The molecular weight excluding hydrogens is 196 g/mol. The molecule has 1 aromatic carbocycles. The molecule has 0 saturated carbocycles. The van der Waals surface area contributed by atoms with Gasteiger partial charge in [0.1, 0.15) is 6.29 Å². The van der Waals surface area contributed by atoms with E-state index >= 15 is 0 Å². The minimum absolute atomic E-state index is 0.683. The molecule has 1 aromatic rings. The van der Waals surface area contributed by atoms with E-state index in [1.165, 1.54) is 0 Å². The van der Waals surface area contributed by atoms with Gasteiger partial charge in [-0.25, -0.2) is 0 Å². The molecule has 14 heavy (non-hydrogen) atoms. The fourth-order valence-corrected chi connectivity index (χ4v) is 1.44. The van der Waals surface area contributed by atoms with Crippen molar-refractivity contribution in [2.45, 2.75) is 19.8 Å². The van der Waals surface area contributed by atoms with Gasteiger partial charge in [-0.2, -0.15) is 0 Å². The van der Waals surface area contributed by atoms with Crippen LogP contribution in [0.5, 0.6) is 0 Å². The highest BCUT2D eigenvalue weighted by atomic mass is 35.5. The van der Waals surface area contributed by atoms with Gasteiger partial charge in [0.15, 0.2) is 0 Å². The second-order valence-electron chi connectivity index (χ2n) is 3.11. The van der Waals surface area contributed by atoms with Gasteiger partial charge < -0.3 is 0 Å². The van der Waals surface area contributed by atoms with Crippen molar-refractivity contribution < 1.29 is 4.79 Å². The Morgan fingerprint density at radius 3 is 2.71 bits per heavy atom. The number of halogens is 1.